The van der Waals surface area contributed by atoms with Crippen LogP contribution in [0.4, 0.5) is 0 Å². The Balaban J connectivity index is 1.30. The number of fused-ring (bicyclic) bond motifs is 6. The summed E-state index contributed by atoms with van der Waals surface area (Å²) in [5, 5.41) is 20.7. The largest absolute Gasteiger partial charge is 0.0616 e. The molecule has 0 aliphatic rings. The van der Waals surface area contributed by atoms with Crippen LogP contribution in [-0.4, -0.2) is 0 Å². The summed E-state index contributed by atoms with van der Waals surface area (Å²) in [7, 11) is 0. The summed E-state index contributed by atoms with van der Waals surface area (Å²) >= 11 is 0. The Hall–Kier alpha value is -6.24. The van der Waals surface area contributed by atoms with E-state index in [0.717, 1.165) is 0 Å². The molecular weight excluding hydrogens is 577 g/mol. The molecule has 11 rings (SSSR count). The lowest BCUT2D eigenvalue weighted by atomic mass is 9.82. The smallest absolute Gasteiger partial charge is 0.00199 e. The van der Waals surface area contributed by atoms with Gasteiger partial charge in [-0.1, -0.05) is 152 Å². The summed E-state index contributed by atoms with van der Waals surface area (Å²) in [4.78, 5) is 0. The van der Waals surface area contributed by atoms with Crippen LogP contribution < -0.4 is 0 Å². The normalized spacial score (nSPS) is 12.2. The summed E-state index contributed by atoms with van der Waals surface area (Å²) in [5.41, 5.74) is 5.17. The molecule has 0 aliphatic carbocycles. The fraction of sp³-hybridized carbons (Fsp3) is 0. The first-order chi connectivity index (χ1) is 23.8. The topological polar surface area (TPSA) is 0 Å². The Morgan fingerprint density at radius 2 is 0.688 bits per heavy atom. The molecule has 220 valence electrons. The lowest BCUT2D eigenvalue weighted by molar-refractivity contribution is 1.70. The summed E-state index contributed by atoms with van der Waals surface area (Å²) in [6.45, 7) is 0. The molecule has 0 aromatic heterocycles. The second-order valence-corrected chi connectivity index (χ2v) is 13.2. The summed E-state index contributed by atoms with van der Waals surface area (Å²) in [6.07, 6.45) is 0. The van der Waals surface area contributed by atoms with Crippen molar-refractivity contribution in [3.63, 3.8) is 0 Å². The van der Waals surface area contributed by atoms with Gasteiger partial charge in [-0.25, -0.2) is 0 Å². The SMILES string of the molecule is c1ccc2cc3c(cc(-c4c5ccccc5c(-c5ccc6ccc7cccc8ccc5c6c78)c5ccccc45)c4ccccc43)cc2c1. The van der Waals surface area contributed by atoms with Crippen molar-refractivity contribution in [1.82, 2.24) is 0 Å². The van der Waals surface area contributed by atoms with Gasteiger partial charge in [0.15, 0.2) is 0 Å². The third-order valence-corrected chi connectivity index (χ3v) is 10.7. The van der Waals surface area contributed by atoms with Crippen LogP contribution in [-0.2, 0) is 0 Å². The minimum atomic E-state index is 1.27. The van der Waals surface area contributed by atoms with Gasteiger partial charge in [-0.05, 0) is 127 Å². The highest BCUT2D eigenvalue weighted by atomic mass is 14.2. The van der Waals surface area contributed by atoms with Gasteiger partial charge in [0.25, 0.3) is 0 Å². The zero-order chi connectivity index (χ0) is 31.3. The van der Waals surface area contributed by atoms with E-state index in [9.17, 15) is 0 Å². The van der Waals surface area contributed by atoms with Gasteiger partial charge in [-0.2, -0.15) is 0 Å². The number of hydrogen-bond donors (Lipinski definition) is 0. The second kappa shape index (κ2) is 9.64. The number of rotatable bonds is 2. The van der Waals surface area contributed by atoms with Gasteiger partial charge < -0.3 is 0 Å². The van der Waals surface area contributed by atoms with Crippen molar-refractivity contribution in [2.45, 2.75) is 0 Å². The first kappa shape index (κ1) is 25.9. The molecule has 0 bridgehead atoms. The zero-order valence-corrected chi connectivity index (χ0v) is 26.2. The molecule has 0 aliphatic heterocycles. The standard InChI is InChI=1S/C48H28/c1-2-11-33-27-43-34(26-32(33)10-1)28-44(36-15-4-3-14-35(36)43)48-39-18-7-5-16-37(39)47(38-17-6-8-19-40(38)48)42-25-23-31-21-20-29-12-9-13-30-22-24-41(42)46(31)45(29)30/h1-28H. The van der Waals surface area contributed by atoms with Gasteiger partial charge in [0.05, 0.1) is 0 Å². The minimum Gasteiger partial charge on any atom is -0.0616 e. The molecule has 0 heterocycles. The van der Waals surface area contributed by atoms with Crippen molar-refractivity contribution in [3.8, 4) is 22.3 Å². The van der Waals surface area contributed by atoms with Gasteiger partial charge in [0.2, 0.25) is 0 Å². The fourth-order valence-electron chi connectivity index (χ4n) is 8.67. The highest BCUT2D eigenvalue weighted by Gasteiger charge is 2.21. The average Bonchev–Trinajstić information content (AvgIpc) is 3.15. The minimum absolute atomic E-state index is 1.27. The average molecular weight is 605 g/mol. The Labute approximate surface area is 277 Å². The van der Waals surface area contributed by atoms with Crippen molar-refractivity contribution in [2.24, 2.45) is 0 Å². The number of hydrogen-bond acceptors (Lipinski definition) is 0. The Morgan fingerprint density at radius 3 is 1.35 bits per heavy atom. The van der Waals surface area contributed by atoms with E-state index in [2.05, 4.69) is 170 Å². The lowest BCUT2D eigenvalue weighted by Crippen LogP contribution is -1.93. The Kier molecular flexibility index (Phi) is 5.20. The summed E-state index contributed by atoms with van der Waals surface area (Å²) in [6, 6.07) is 63.5. The van der Waals surface area contributed by atoms with E-state index in [1.165, 1.54) is 108 Å². The van der Waals surface area contributed by atoms with E-state index < -0.39 is 0 Å². The summed E-state index contributed by atoms with van der Waals surface area (Å²) in [5.74, 6) is 0. The van der Waals surface area contributed by atoms with E-state index in [-0.39, 0.29) is 0 Å². The molecule has 0 atom stereocenters. The molecule has 0 N–H and O–H groups in total. The monoisotopic (exact) mass is 604 g/mol. The maximum Gasteiger partial charge on any atom is -0.00199 e. The molecule has 0 spiro atoms. The van der Waals surface area contributed by atoms with Crippen LogP contribution in [0.3, 0.4) is 0 Å². The van der Waals surface area contributed by atoms with E-state index in [4.69, 9.17) is 0 Å². The highest BCUT2D eigenvalue weighted by molar-refractivity contribution is 6.31. The lowest BCUT2D eigenvalue weighted by Gasteiger charge is -2.21. The van der Waals surface area contributed by atoms with Crippen LogP contribution in [0.2, 0.25) is 0 Å². The maximum absolute atomic E-state index is 2.44. The van der Waals surface area contributed by atoms with Crippen molar-refractivity contribution in [3.05, 3.63) is 170 Å². The number of benzene rings is 11. The van der Waals surface area contributed by atoms with Crippen molar-refractivity contribution < 1.29 is 0 Å². The predicted molar refractivity (Wildman–Crippen MR) is 209 cm³/mol. The van der Waals surface area contributed by atoms with E-state index >= 15 is 0 Å². The molecule has 48 heavy (non-hydrogen) atoms. The van der Waals surface area contributed by atoms with Crippen LogP contribution in [0.15, 0.2) is 170 Å². The summed E-state index contributed by atoms with van der Waals surface area (Å²) < 4.78 is 0. The molecule has 11 aromatic carbocycles. The Bertz CT molecular complexity index is 3030. The molecule has 0 radical (unpaired) electrons. The molecule has 0 saturated heterocycles. The van der Waals surface area contributed by atoms with Crippen molar-refractivity contribution in [1.29, 1.82) is 0 Å². The van der Waals surface area contributed by atoms with E-state index in [0.29, 0.717) is 0 Å². The van der Waals surface area contributed by atoms with E-state index in [1.54, 1.807) is 0 Å². The Morgan fingerprint density at radius 1 is 0.208 bits per heavy atom. The van der Waals surface area contributed by atoms with Crippen LogP contribution in [0.1, 0.15) is 0 Å². The first-order valence-corrected chi connectivity index (χ1v) is 16.8. The zero-order valence-electron chi connectivity index (χ0n) is 26.2. The molecule has 0 heteroatoms. The molecule has 0 saturated carbocycles. The molecule has 0 fully saturated rings. The quantitative estimate of drug-likeness (QED) is 0.136. The van der Waals surface area contributed by atoms with Gasteiger partial charge >= 0.3 is 0 Å². The maximum atomic E-state index is 2.44. The first-order valence-electron chi connectivity index (χ1n) is 16.8. The van der Waals surface area contributed by atoms with Gasteiger partial charge in [-0.15, -0.1) is 0 Å². The molecule has 11 aromatic rings. The highest BCUT2D eigenvalue weighted by Crippen LogP contribution is 2.49. The second-order valence-electron chi connectivity index (χ2n) is 13.2. The van der Waals surface area contributed by atoms with Gasteiger partial charge in [-0.3, -0.25) is 0 Å². The van der Waals surface area contributed by atoms with Crippen molar-refractivity contribution in [2.75, 3.05) is 0 Å². The van der Waals surface area contributed by atoms with Crippen molar-refractivity contribution >= 4 is 86.2 Å². The van der Waals surface area contributed by atoms with Gasteiger partial charge in [0.1, 0.15) is 0 Å². The third-order valence-electron chi connectivity index (χ3n) is 10.7. The van der Waals surface area contributed by atoms with Crippen LogP contribution >= 0.6 is 0 Å². The predicted octanol–water partition coefficient (Wildman–Crippen LogP) is 13.7. The third kappa shape index (κ3) is 3.49. The van der Waals surface area contributed by atoms with Crippen LogP contribution in [0, 0.1) is 0 Å². The van der Waals surface area contributed by atoms with Gasteiger partial charge in [0, 0.05) is 0 Å². The molecular formula is C48H28. The van der Waals surface area contributed by atoms with Crippen LogP contribution in [0.5, 0.6) is 0 Å². The molecule has 0 unspecified atom stereocenters. The fourth-order valence-corrected chi connectivity index (χ4v) is 8.67. The molecule has 0 amide bonds. The van der Waals surface area contributed by atoms with E-state index in [1.807, 2.05) is 0 Å². The molecule has 0 nitrogen and oxygen atoms in total. The van der Waals surface area contributed by atoms with Crippen LogP contribution in [0.25, 0.3) is 108 Å².